The Morgan fingerprint density at radius 1 is 1.42 bits per heavy atom. The molecular weight excluding hydrogens is 286 g/mol. The highest BCUT2D eigenvalue weighted by atomic mass is 35.5. The van der Waals surface area contributed by atoms with Crippen LogP contribution in [0.2, 0.25) is 0 Å². The van der Waals surface area contributed by atoms with Crippen LogP contribution in [-0.4, -0.2) is 48.9 Å². The van der Waals surface area contributed by atoms with Gasteiger partial charge in [0.05, 0.1) is 4.88 Å². The third-order valence-electron chi connectivity index (χ3n) is 2.89. The second-order valence-corrected chi connectivity index (χ2v) is 5.20. The van der Waals surface area contributed by atoms with E-state index in [2.05, 4.69) is 10.6 Å². The van der Waals surface area contributed by atoms with Crippen LogP contribution >= 0.6 is 23.7 Å². The first-order valence-electron chi connectivity index (χ1n) is 6.02. The number of hydrogen-bond donors (Lipinski definition) is 2. The molecule has 0 spiro atoms. The fraction of sp³-hybridized carbons (Fsp3) is 0.500. The lowest BCUT2D eigenvalue weighted by Crippen LogP contribution is -2.53. The molecule has 1 saturated heterocycles. The minimum Gasteiger partial charge on any atom is -0.340 e. The average Bonchev–Trinajstić information content (AvgIpc) is 2.92. The molecule has 0 aromatic carbocycles. The summed E-state index contributed by atoms with van der Waals surface area (Å²) in [7, 11) is 0. The molecule has 2 amide bonds. The molecule has 2 heterocycles. The zero-order valence-electron chi connectivity index (χ0n) is 10.7. The zero-order valence-corrected chi connectivity index (χ0v) is 12.4. The molecule has 1 aromatic rings. The summed E-state index contributed by atoms with van der Waals surface area (Å²) in [5, 5.41) is 7.78. The molecule has 0 bridgehead atoms. The van der Waals surface area contributed by atoms with Crippen LogP contribution in [-0.2, 0) is 4.79 Å². The van der Waals surface area contributed by atoms with Gasteiger partial charge in [-0.2, -0.15) is 0 Å². The maximum Gasteiger partial charge on any atom is 0.261 e. The summed E-state index contributed by atoms with van der Waals surface area (Å²) in [5.74, 6) is -0.192. The van der Waals surface area contributed by atoms with Crippen molar-refractivity contribution in [2.75, 3.05) is 26.2 Å². The van der Waals surface area contributed by atoms with Crippen molar-refractivity contribution in [3.05, 3.63) is 22.4 Å². The summed E-state index contributed by atoms with van der Waals surface area (Å²) >= 11 is 1.37. The molecule has 1 aromatic heterocycles. The topological polar surface area (TPSA) is 61.4 Å². The number of piperazine rings is 1. The van der Waals surface area contributed by atoms with E-state index in [1.807, 2.05) is 11.4 Å². The Morgan fingerprint density at radius 2 is 2.11 bits per heavy atom. The highest BCUT2D eigenvalue weighted by Gasteiger charge is 2.23. The van der Waals surface area contributed by atoms with Crippen molar-refractivity contribution in [3.63, 3.8) is 0 Å². The molecule has 0 saturated carbocycles. The summed E-state index contributed by atoms with van der Waals surface area (Å²) in [6.45, 7) is 4.78. The molecule has 106 valence electrons. The number of halogens is 1. The Kier molecular flexibility index (Phi) is 6.27. The second kappa shape index (κ2) is 7.47. The first-order valence-corrected chi connectivity index (χ1v) is 6.90. The van der Waals surface area contributed by atoms with Crippen molar-refractivity contribution in [1.29, 1.82) is 0 Å². The number of nitrogens with zero attached hydrogens (tertiary/aromatic N) is 1. The lowest BCUT2D eigenvalue weighted by atomic mass is 10.2. The van der Waals surface area contributed by atoms with Crippen LogP contribution in [0.15, 0.2) is 17.5 Å². The second-order valence-electron chi connectivity index (χ2n) is 4.25. The van der Waals surface area contributed by atoms with Gasteiger partial charge in [-0.15, -0.1) is 23.7 Å². The minimum atomic E-state index is -0.474. The Balaban J connectivity index is 0.00000180. The molecule has 7 heteroatoms. The predicted molar refractivity (Wildman–Crippen MR) is 77.9 cm³/mol. The molecule has 1 unspecified atom stereocenters. The Bertz CT molecular complexity index is 419. The molecule has 0 aliphatic carbocycles. The molecule has 5 nitrogen and oxygen atoms in total. The van der Waals surface area contributed by atoms with Crippen molar-refractivity contribution in [2.24, 2.45) is 0 Å². The van der Waals surface area contributed by atoms with Crippen molar-refractivity contribution in [1.82, 2.24) is 15.5 Å². The van der Waals surface area contributed by atoms with Gasteiger partial charge in [-0.25, -0.2) is 0 Å². The van der Waals surface area contributed by atoms with Crippen LogP contribution in [0.3, 0.4) is 0 Å². The highest BCUT2D eigenvalue weighted by Crippen LogP contribution is 2.08. The number of carbonyl (C=O) groups excluding carboxylic acids is 2. The summed E-state index contributed by atoms with van der Waals surface area (Å²) in [6, 6.07) is 3.10. The van der Waals surface area contributed by atoms with E-state index in [4.69, 9.17) is 0 Å². The van der Waals surface area contributed by atoms with Gasteiger partial charge in [0.2, 0.25) is 5.91 Å². The van der Waals surface area contributed by atoms with Crippen LogP contribution in [0.5, 0.6) is 0 Å². The van der Waals surface area contributed by atoms with Gasteiger partial charge < -0.3 is 15.5 Å². The zero-order chi connectivity index (χ0) is 13.0. The summed E-state index contributed by atoms with van der Waals surface area (Å²) < 4.78 is 0. The standard InChI is InChI=1S/C12H17N3O2S.ClH/c1-9(12(17)15-6-4-13-5-7-15)14-11(16)10-3-2-8-18-10;/h2-3,8-9,13H,4-7H2,1H3,(H,14,16);1H. The lowest BCUT2D eigenvalue weighted by molar-refractivity contribution is -0.133. The van der Waals surface area contributed by atoms with E-state index in [9.17, 15) is 9.59 Å². The summed E-state index contributed by atoms with van der Waals surface area (Å²) in [5.41, 5.74) is 0. The molecule has 19 heavy (non-hydrogen) atoms. The number of amides is 2. The van der Waals surface area contributed by atoms with Gasteiger partial charge in [0.25, 0.3) is 5.91 Å². The maximum absolute atomic E-state index is 12.1. The van der Waals surface area contributed by atoms with E-state index >= 15 is 0 Å². The number of thiophene rings is 1. The number of rotatable bonds is 3. The Hall–Kier alpha value is -1.11. The SMILES string of the molecule is CC(NC(=O)c1cccs1)C(=O)N1CCNCC1.Cl. The van der Waals surface area contributed by atoms with E-state index < -0.39 is 6.04 Å². The maximum atomic E-state index is 12.1. The fourth-order valence-corrected chi connectivity index (χ4v) is 2.52. The largest absolute Gasteiger partial charge is 0.340 e. The van der Waals surface area contributed by atoms with Crippen molar-refractivity contribution in [2.45, 2.75) is 13.0 Å². The van der Waals surface area contributed by atoms with E-state index in [0.29, 0.717) is 18.0 Å². The molecule has 0 radical (unpaired) electrons. The van der Waals surface area contributed by atoms with Crippen molar-refractivity contribution in [3.8, 4) is 0 Å². The smallest absolute Gasteiger partial charge is 0.261 e. The highest BCUT2D eigenvalue weighted by molar-refractivity contribution is 7.12. The minimum absolute atomic E-state index is 0. The van der Waals surface area contributed by atoms with Gasteiger partial charge in [-0.1, -0.05) is 6.07 Å². The van der Waals surface area contributed by atoms with Gasteiger partial charge in [-0.3, -0.25) is 9.59 Å². The van der Waals surface area contributed by atoms with Gasteiger partial charge in [0, 0.05) is 26.2 Å². The third kappa shape index (κ3) is 4.19. The Labute approximate surface area is 122 Å². The van der Waals surface area contributed by atoms with Crippen molar-refractivity contribution >= 4 is 35.6 Å². The first-order chi connectivity index (χ1) is 8.68. The summed E-state index contributed by atoms with van der Waals surface area (Å²) in [6.07, 6.45) is 0. The van der Waals surface area contributed by atoms with E-state index in [1.165, 1.54) is 11.3 Å². The molecule has 1 aliphatic rings. The molecule has 2 rings (SSSR count). The summed E-state index contributed by atoms with van der Waals surface area (Å²) in [4.78, 5) is 26.3. The van der Waals surface area contributed by atoms with Crippen LogP contribution in [0.25, 0.3) is 0 Å². The van der Waals surface area contributed by atoms with Gasteiger partial charge in [0.1, 0.15) is 6.04 Å². The molecule has 2 N–H and O–H groups in total. The van der Waals surface area contributed by atoms with Gasteiger partial charge in [-0.05, 0) is 18.4 Å². The third-order valence-corrected chi connectivity index (χ3v) is 3.76. The number of hydrogen-bond acceptors (Lipinski definition) is 4. The van der Waals surface area contributed by atoms with Gasteiger partial charge in [0.15, 0.2) is 0 Å². The molecule has 1 atom stereocenters. The van der Waals surface area contributed by atoms with Crippen LogP contribution < -0.4 is 10.6 Å². The predicted octanol–water partition coefficient (Wildman–Crippen LogP) is 0.720. The van der Waals surface area contributed by atoms with Crippen molar-refractivity contribution < 1.29 is 9.59 Å². The average molecular weight is 304 g/mol. The first kappa shape index (κ1) is 15.9. The van der Waals surface area contributed by atoms with E-state index in [0.717, 1.165) is 13.1 Å². The van der Waals surface area contributed by atoms with E-state index in [-0.39, 0.29) is 24.2 Å². The monoisotopic (exact) mass is 303 g/mol. The molecule has 1 fully saturated rings. The number of nitrogens with one attached hydrogen (secondary N) is 2. The normalized spacial score (nSPS) is 16.4. The molecular formula is C12H18ClN3O2S. The fourth-order valence-electron chi connectivity index (χ4n) is 1.90. The molecule has 1 aliphatic heterocycles. The Morgan fingerprint density at radius 3 is 2.68 bits per heavy atom. The van der Waals surface area contributed by atoms with Crippen LogP contribution in [0.1, 0.15) is 16.6 Å². The lowest BCUT2D eigenvalue weighted by Gasteiger charge is -2.29. The number of carbonyl (C=O) groups is 2. The van der Waals surface area contributed by atoms with E-state index in [1.54, 1.807) is 17.9 Å². The van der Waals surface area contributed by atoms with Crippen LogP contribution in [0, 0.1) is 0 Å². The van der Waals surface area contributed by atoms with Gasteiger partial charge >= 0.3 is 0 Å². The quantitative estimate of drug-likeness (QED) is 0.865. The van der Waals surface area contributed by atoms with Crippen LogP contribution in [0.4, 0.5) is 0 Å².